The molecule has 2 aromatic rings. The molecule has 0 spiro atoms. The van der Waals surface area contributed by atoms with Crippen molar-refractivity contribution in [2.75, 3.05) is 0 Å². The minimum absolute atomic E-state index is 0.0649. The smallest absolute Gasteiger partial charge is 0.349 e. The van der Waals surface area contributed by atoms with Gasteiger partial charge in [-0.1, -0.05) is 19.0 Å². The third-order valence-electron chi connectivity index (χ3n) is 2.40. The summed E-state index contributed by atoms with van der Waals surface area (Å²) >= 11 is 1.22. The zero-order valence-electron chi connectivity index (χ0n) is 10.8. The van der Waals surface area contributed by atoms with Gasteiger partial charge in [0.1, 0.15) is 5.75 Å². The summed E-state index contributed by atoms with van der Waals surface area (Å²) in [7, 11) is 0. The number of aromatic carboxylic acids is 1. The molecule has 0 aromatic carbocycles. The highest BCUT2D eigenvalue weighted by molar-refractivity contribution is 7.14. The standard InChI is InChI=1S/C12H14N2O4S/c1-6(2)9-4-8(11(19-9)12(15)16)17-5-10-13-7(3)14-18-10/h4,6H,5H2,1-3H3,(H,15,16). The summed E-state index contributed by atoms with van der Waals surface area (Å²) in [6.45, 7) is 5.78. The molecule has 0 amide bonds. The van der Waals surface area contributed by atoms with Crippen LogP contribution in [0, 0.1) is 6.92 Å². The maximum atomic E-state index is 11.2. The first-order valence-corrected chi connectivity index (χ1v) is 6.58. The molecule has 0 saturated heterocycles. The number of nitrogens with zero attached hydrogens (tertiary/aromatic N) is 2. The average molecular weight is 282 g/mol. The quantitative estimate of drug-likeness (QED) is 0.907. The second-order valence-corrected chi connectivity index (χ2v) is 5.41. The Morgan fingerprint density at radius 3 is 2.84 bits per heavy atom. The Morgan fingerprint density at radius 2 is 2.32 bits per heavy atom. The molecule has 0 fully saturated rings. The van der Waals surface area contributed by atoms with Gasteiger partial charge < -0.3 is 14.4 Å². The molecule has 0 bridgehead atoms. The molecule has 0 radical (unpaired) electrons. The van der Waals surface area contributed by atoms with Crippen LogP contribution in [0.1, 0.15) is 46.0 Å². The number of aromatic nitrogens is 2. The molecular weight excluding hydrogens is 268 g/mol. The number of aryl methyl sites for hydroxylation is 1. The second kappa shape index (κ2) is 5.40. The highest BCUT2D eigenvalue weighted by Gasteiger charge is 2.19. The van der Waals surface area contributed by atoms with E-state index in [1.54, 1.807) is 13.0 Å². The number of thiophene rings is 1. The molecule has 102 valence electrons. The number of rotatable bonds is 5. The van der Waals surface area contributed by atoms with Crippen molar-refractivity contribution in [3.05, 3.63) is 27.5 Å². The van der Waals surface area contributed by atoms with Crippen LogP contribution < -0.4 is 4.74 Å². The second-order valence-electron chi connectivity index (χ2n) is 4.33. The molecular formula is C12H14N2O4S. The van der Waals surface area contributed by atoms with Crippen LogP contribution in [0.2, 0.25) is 0 Å². The lowest BCUT2D eigenvalue weighted by atomic mass is 10.2. The fourth-order valence-corrected chi connectivity index (χ4v) is 2.41. The molecule has 1 N–H and O–H groups in total. The van der Waals surface area contributed by atoms with Crippen LogP contribution in [0.15, 0.2) is 10.6 Å². The zero-order chi connectivity index (χ0) is 14.0. The molecule has 0 saturated carbocycles. The van der Waals surface area contributed by atoms with E-state index in [1.807, 2.05) is 13.8 Å². The molecule has 0 atom stereocenters. The van der Waals surface area contributed by atoms with Crippen LogP contribution in [0.3, 0.4) is 0 Å². The zero-order valence-corrected chi connectivity index (χ0v) is 11.7. The Balaban J connectivity index is 2.16. The van der Waals surface area contributed by atoms with Gasteiger partial charge in [0.05, 0.1) is 0 Å². The van der Waals surface area contributed by atoms with Crippen LogP contribution in [-0.2, 0) is 6.61 Å². The molecule has 0 aliphatic heterocycles. The number of hydrogen-bond acceptors (Lipinski definition) is 6. The van der Waals surface area contributed by atoms with Crippen molar-refractivity contribution < 1.29 is 19.2 Å². The number of hydrogen-bond donors (Lipinski definition) is 1. The maximum Gasteiger partial charge on any atom is 0.349 e. The summed E-state index contributed by atoms with van der Waals surface area (Å²) in [4.78, 5) is 16.3. The number of carboxylic acids is 1. The predicted octanol–water partition coefficient (Wildman–Crippen LogP) is 2.84. The van der Waals surface area contributed by atoms with E-state index in [0.717, 1.165) is 4.88 Å². The van der Waals surface area contributed by atoms with Gasteiger partial charge in [-0.3, -0.25) is 0 Å². The van der Waals surface area contributed by atoms with Gasteiger partial charge in [0.15, 0.2) is 17.3 Å². The minimum atomic E-state index is -0.992. The van der Waals surface area contributed by atoms with Crippen LogP contribution in [0.25, 0.3) is 0 Å². The molecule has 2 heterocycles. The normalized spacial score (nSPS) is 10.9. The maximum absolute atomic E-state index is 11.2. The molecule has 2 rings (SSSR count). The lowest BCUT2D eigenvalue weighted by Gasteiger charge is -2.01. The molecule has 0 unspecified atom stereocenters. The summed E-state index contributed by atoms with van der Waals surface area (Å²) in [5.41, 5.74) is 0. The highest BCUT2D eigenvalue weighted by atomic mass is 32.1. The van der Waals surface area contributed by atoms with Crippen molar-refractivity contribution >= 4 is 17.3 Å². The van der Waals surface area contributed by atoms with Gasteiger partial charge in [0.2, 0.25) is 0 Å². The van der Waals surface area contributed by atoms with E-state index >= 15 is 0 Å². The highest BCUT2D eigenvalue weighted by Crippen LogP contribution is 2.34. The van der Waals surface area contributed by atoms with Gasteiger partial charge in [-0.05, 0) is 18.9 Å². The fraction of sp³-hybridized carbons (Fsp3) is 0.417. The van der Waals surface area contributed by atoms with Crippen LogP contribution in [0.5, 0.6) is 5.75 Å². The fourth-order valence-electron chi connectivity index (χ4n) is 1.47. The Labute approximate surface area is 114 Å². The van der Waals surface area contributed by atoms with Crippen molar-refractivity contribution in [2.24, 2.45) is 0 Å². The van der Waals surface area contributed by atoms with Gasteiger partial charge in [-0.15, -0.1) is 11.3 Å². The van der Waals surface area contributed by atoms with Gasteiger partial charge in [0.25, 0.3) is 5.89 Å². The summed E-state index contributed by atoms with van der Waals surface area (Å²) < 4.78 is 10.4. The largest absolute Gasteiger partial charge is 0.482 e. The number of carbonyl (C=O) groups is 1. The average Bonchev–Trinajstić information content (AvgIpc) is 2.92. The number of ether oxygens (including phenoxy) is 1. The van der Waals surface area contributed by atoms with Crippen LogP contribution >= 0.6 is 11.3 Å². The predicted molar refractivity (Wildman–Crippen MR) is 68.7 cm³/mol. The summed E-state index contributed by atoms with van der Waals surface area (Å²) in [6, 6.07) is 1.75. The van der Waals surface area contributed by atoms with Crippen molar-refractivity contribution in [3.8, 4) is 5.75 Å². The molecule has 6 nitrogen and oxygen atoms in total. The summed E-state index contributed by atoms with van der Waals surface area (Å²) in [6.07, 6.45) is 0. The first-order valence-electron chi connectivity index (χ1n) is 5.76. The van der Waals surface area contributed by atoms with E-state index in [0.29, 0.717) is 17.5 Å². The summed E-state index contributed by atoms with van der Waals surface area (Å²) in [5.74, 6) is 0.452. The lowest BCUT2D eigenvalue weighted by molar-refractivity contribution is 0.0697. The van der Waals surface area contributed by atoms with E-state index in [9.17, 15) is 4.79 Å². The Bertz CT molecular complexity index is 588. The molecule has 19 heavy (non-hydrogen) atoms. The first-order chi connectivity index (χ1) is 8.97. The summed E-state index contributed by atoms with van der Waals surface area (Å²) in [5, 5.41) is 12.8. The lowest BCUT2D eigenvalue weighted by Crippen LogP contribution is -2.00. The van der Waals surface area contributed by atoms with Gasteiger partial charge in [-0.25, -0.2) is 4.79 Å². The molecule has 2 aromatic heterocycles. The Kier molecular flexibility index (Phi) is 3.84. The topological polar surface area (TPSA) is 85.5 Å². The van der Waals surface area contributed by atoms with Gasteiger partial charge >= 0.3 is 5.97 Å². The van der Waals surface area contributed by atoms with Gasteiger partial charge in [0, 0.05) is 4.88 Å². The minimum Gasteiger partial charge on any atom is -0.482 e. The third kappa shape index (κ3) is 3.11. The molecule has 7 heteroatoms. The van der Waals surface area contributed by atoms with Crippen LogP contribution in [0.4, 0.5) is 0 Å². The molecule has 0 aliphatic rings. The monoisotopic (exact) mass is 282 g/mol. The SMILES string of the molecule is Cc1noc(COc2cc(C(C)C)sc2C(=O)O)n1. The third-order valence-corrected chi connectivity index (χ3v) is 3.81. The van der Waals surface area contributed by atoms with E-state index < -0.39 is 5.97 Å². The van der Waals surface area contributed by atoms with Gasteiger partial charge in [-0.2, -0.15) is 4.98 Å². The van der Waals surface area contributed by atoms with Crippen molar-refractivity contribution in [2.45, 2.75) is 33.3 Å². The van der Waals surface area contributed by atoms with Crippen molar-refractivity contribution in [1.82, 2.24) is 10.1 Å². The van der Waals surface area contributed by atoms with E-state index in [2.05, 4.69) is 10.1 Å². The number of carboxylic acid groups (broad SMARTS) is 1. The Hall–Kier alpha value is -1.89. The van der Waals surface area contributed by atoms with E-state index in [1.165, 1.54) is 11.3 Å². The Morgan fingerprint density at radius 1 is 1.58 bits per heavy atom. The van der Waals surface area contributed by atoms with E-state index in [-0.39, 0.29) is 17.4 Å². The molecule has 0 aliphatic carbocycles. The van der Waals surface area contributed by atoms with Crippen molar-refractivity contribution in [1.29, 1.82) is 0 Å². The van der Waals surface area contributed by atoms with E-state index in [4.69, 9.17) is 14.4 Å². The first kappa shape index (κ1) is 13.5. The van der Waals surface area contributed by atoms with Crippen molar-refractivity contribution in [3.63, 3.8) is 0 Å². The van der Waals surface area contributed by atoms with Crippen LogP contribution in [-0.4, -0.2) is 21.2 Å².